The molecule has 1 amide bonds. The third-order valence-corrected chi connectivity index (χ3v) is 4.89. The lowest BCUT2D eigenvalue weighted by Gasteiger charge is -2.24. The number of hydrogen-bond donors (Lipinski definition) is 1. The van der Waals surface area contributed by atoms with Crippen molar-refractivity contribution in [3.8, 4) is 17.2 Å². The maximum Gasteiger partial charge on any atom is 0.238 e. The molecule has 6 heteroatoms. The van der Waals surface area contributed by atoms with Crippen LogP contribution in [0.15, 0.2) is 42.5 Å². The molecule has 2 aromatic carbocycles. The smallest absolute Gasteiger partial charge is 0.238 e. The van der Waals surface area contributed by atoms with Crippen molar-refractivity contribution in [2.75, 3.05) is 39.7 Å². The van der Waals surface area contributed by atoms with Gasteiger partial charge in [-0.05, 0) is 49.2 Å². The number of carbonyl (C=O) groups is 1. The molecule has 1 N–H and O–H groups in total. The summed E-state index contributed by atoms with van der Waals surface area (Å²) in [4.78, 5) is 14.8. The first-order valence-electron chi connectivity index (χ1n) is 9.04. The number of rotatable bonds is 7. The molecule has 0 aliphatic carbocycles. The number of anilines is 1. The van der Waals surface area contributed by atoms with E-state index in [1.165, 1.54) is 5.56 Å². The minimum Gasteiger partial charge on any atom is -0.497 e. The van der Waals surface area contributed by atoms with E-state index in [0.29, 0.717) is 23.7 Å². The van der Waals surface area contributed by atoms with Crippen molar-refractivity contribution < 1.29 is 19.0 Å². The van der Waals surface area contributed by atoms with Crippen LogP contribution in [0.2, 0.25) is 0 Å². The number of amides is 1. The van der Waals surface area contributed by atoms with Gasteiger partial charge in [0.2, 0.25) is 5.91 Å². The zero-order valence-electron chi connectivity index (χ0n) is 16.0. The van der Waals surface area contributed by atoms with Gasteiger partial charge in [-0.25, -0.2) is 0 Å². The summed E-state index contributed by atoms with van der Waals surface area (Å²) in [5.74, 6) is 2.05. The summed E-state index contributed by atoms with van der Waals surface area (Å²) in [5, 5.41) is 2.95. The van der Waals surface area contributed by atoms with Gasteiger partial charge in [-0.1, -0.05) is 12.1 Å². The lowest BCUT2D eigenvalue weighted by molar-refractivity contribution is -0.117. The second kappa shape index (κ2) is 8.77. The van der Waals surface area contributed by atoms with E-state index in [0.717, 1.165) is 25.1 Å². The van der Waals surface area contributed by atoms with Crippen molar-refractivity contribution in [1.82, 2.24) is 4.90 Å². The molecule has 0 bridgehead atoms. The number of hydrogen-bond acceptors (Lipinski definition) is 5. The molecule has 1 heterocycles. The van der Waals surface area contributed by atoms with Crippen LogP contribution in [-0.4, -0.2) is 45.2 Å². The van der Waals surface area contributed by atoms with Gasteiger partial charge in [-0.2, -0.15) is 0 Å². The number of nitrogens with one attached hydrogen (secondary N) is 1. The monoisotopic (exact) mass is 370 g/mol. The average Bonchev–Trinajstić information content (AvgIpc) is 3.16. The predicted octanol–water partition coefficient (Wildman–Crippen LogP) is 3.49. The summed E-state index contributed by atoms with van der Waals surface area (Å²) >= 11 is 0. The largest absolute Gasteiger partial charge is 0.497 e. The maximum atomic E-state index is 12.6. The second-order valence-corrected chi connectivity index (χ2v) is 6.52. The molecule has 0 spiro atoms. The minimum absolute atomic E-state index is 0.0566. The SMILES string of the molecule is COc1ccc([C@H]2CCCN2CC(=O)Nc2ccc(OC)cc2OC)cc1. The summed E-state index contributed by atoms with van der Waals surface area (Å²) in [7, 11) is 4.83. The lowest BCUT2D eigenvalue weighted by atomic mass is 10.0. The van der Waals surface area contributed by atoms with E-state index in [4.69, 9.17) is 14.2 Å². The van der Waals surface area contributed by atoms with Crippen molar-refractivity contribution in [2.24, 2.45) is 0 Å². The molecule has 1 aliphatic rings. The van der Waals surface area contributed by atoms with Crippen LogP contribution in [0.1, 0.15) is 24.4 Å². The maximum absolute atomic E-state index is 12.6. The van der Waals surface area contributed by atoms with Crippen LogP contribution in [0.3, 0.4) is 0 Å². The number of methoxy groups -OCH3 is 3. The highest BCUT2D eigenvalue weighted by atomic mass is 16.5. The molecule has 1 fully saturated rings. The molecule has 144 valence electrons. The summed E-state index contributed by atoms with van der Waals surface area (Å²) in [6.45, 7) is 1.25. The molecule has 0 aromatic heterocycles. The summed E-state index contributed by atoms with van der Waals surface area (Å²) in [5.41, 5.74) is 1.85. The molecule has 0 radical (unpaired) electrons. The molecule has 2 aromatic rings. The van der Waals surface area contributed by atoms with Crippen LogP contribution in [0.4, 0.5) is 5.69 Å². The Morgan fingerprint density at radius 1 is 1.04 bits per heavy atom. The Hall–Kier alpha value is -2.73. The molecule has 6 nitrogen and oxygen atoms in total. The van der Waals surface area contributed by atoms with Crippen molar-refractivity contribution in [2.45, 2.75) is 18.9 Å². The highest BCUT2D eigenvalue weighted by molar-refractivity contribution is 5.93. The fourth-order valence-electron chi connectivity index (χ4n) is 3.49. The molecule has 1 aliphatic heterocycles. The number of benzene rings is 2. The third-order valence-electron chi connectivity index (χ3n) is 4.89. The molecule has 3 rings (SSSR count). The van der Waals surface area contributed by atoms with Gasteiger partial charge >= 0.3 is 0 Å². The second-order valence-electron chi connectivity index (χ2n) is 6.52. The van der Waals surface area contributed by atoms with Gasteiger partial charge in [0.1, 0.15) is 17.2 Å². The summed E-state index contributed by atoms with van der Waals surface area (Å²) in [6.07, 6.45) is 2.13. The summed E-state index contributed by atoms with van der Waals surface area (Å²) < 4.78 is 15.8. The fraction of sp³-hybridized carbons (Fsp3) is 0.381. The van der Waals surface area contributed by atoms with E-state index in [1.807, 2.05) is 12.1 Å². The van der Waals surface area contributed by atoms with Crippen molar-refractivity contribution >= 4 is 11.6 Å². The highest BCUT2D eigenvalue weighted by Crippen LogP contribution is 2.33. The Bertz CT molecular complexity index is 776. The number of likely N-dealkylation sites (tertiary alicyclic amines) is 1. The molecular formula is C21H26N2O4. The van der Waals surface area contributed by atoms with E-state index in [-0.39, 0.29) is 11.9 Å². The quantitative estimate of drug-likeness (QED) is 0.808. The van der Waals surface area contributed by atoms with Crippen LogP contribution in [-0.2, 0) is 4.79 Å². The van der Waals surface area contributed by atoms with Gasteiger partial charge in [-0.3, -0.25) is 9.69 Å². The Labute approximate surface area is 160 Å². The zero-order chi connectivity index (χ0) is 19.2. The highest BCUT2D eigenvalue weighted by Gasteiger charge is 2.27. The van der Waals surface area contributed by atoms with E-state index < -0.39 is 0 Å². The Morgan fingerprint density at radius 3 is 2.41 bits per heavy atom. The predicted molar refractivity (Wildman–Crippen MR) is 105 cm³/mol. The van der Waals surface area contributed by atoms with Crippen LogP contribution in [0.5, 0.6) is 17.2 Å². The molecule has 0 saturated carbocycles. The minimum atomic E-state index is -0.0566. The van der Waals surface area contributed by atoms with Gasteiger partial charge in [0.15, 0.2) is 0 Å². The van der Waals surface area contributed by atoms with Gasteiger partial charge in [-0.15, -0.1) is 0 Å². The van der Waals surface area contributed by atoms with Crippen LogP contribution in [0, 0.1) is 0 Å². The van der Waals surface area contributed by atoms with Crippen LogP contribution >= 0.6 is 0 Å². The van der Waals surface area contributed by atoms with Gasteiger partial charge < -0.3 is 19.5 Å². The molecular weight excluding hydrogens is 344 g/mol. The number of nitrogens with zero attached hydrogens (tertiary/aromatic N) is 1. The van der Waals surface area contributed by atoms with Crippen molar-refractivity contribution in [3.05, 3.63) is 48.0 Å². The summed E-state index contributed by atoms with van der Waals surface area (Å²) in [6, 6.07) is 13.7. The van der Waals surface area contributed by atoms with Gasteiger partial charge in [0.05, 0.1) is 33.6 Å². The number of ether oxygens (including phenoxy) is 3. The molecule has 1 atom stereocenters. The number of carbonyl (C=O) groups excluding carboxylic acids is 1. The first-order valence-corrected chi connectivity index (χ1v) is 9.04. The van der Waals surface area contributed by atoms with Crippen LogP contribution in [0.25, 0.3) is 0 Å². The standard InChI is InChI=1S/C21H26N2O4/c1-25-16-8-6-15(7-9-16)19-5-4-12-23(19)14-21(24)22-18-11-10-17(26-2)13-20(18)27-3/h6-11,13,19H,4-5,12,14H2,1-3H3,(H,22,24)/t19-/m1/s1. The third kappa shape index (κ3) is 4.52. The topological polar surface area (TPSA) is 60.0 Å². The fourth-order valence-corrected chi connectivity index (χ4v) is 3.49. The van der Waals surface area contributed by atoms with Crippen molar-refractivity contribution in [3.63, 3.8) is 0 Å². The Kier molecular flexibility index (Phi) is 6.19. The first-order chi connectivity index (χ1) is 13.1. The zero-order valence-corrected chi connectivity index (χ0v) is 16.0. The first kappa shape index (κ1) is 19.0. The van der Waals surface area contributed by atoms with E-state index in [9.17, 15) is 4.79 Å². The molecule has 1 saturated heterocycles. The lowest BCUT2D eigenvalue weighted by Crippen LogP contribution is -2.33. The van der Waals surface area contributed by atoms with Gasteiger partial charge in [0.25, 0.3) is 0 Å². The average molecular weight is 370 g/mol. The molecule has 0 unspecified atom stereocenters. The Balaban J connectivity index is 1.66. The molecule has 27 heavy (non-hydrogen) atoms. The Morgan fingerprint density at radius 2 is 1.74 bits per heavy atom. The van der Waals surface area contributed by atoms with Crippen molar-refractivity contribution in [1.29, 1.82) is 0 Å². The normalized spacial score (nSPS) is 16.8. The van der Waals surface area contributed by atoms with Gasteiger partial charge in [0, 0.05) is 12.1 Å². The van der Waals surface area contributed by atoms with E-state index >= 15 is 0 Å². The van der Waals surface area contributed by atoms with E-state index in [2.05, 4.69) is 22.3 Å². The van der Waals surface area contributed by atoms with Crippen LogP contribution < -0.4 is 19.5 Å². The van der Waals surface area contributed by atoms with E-state index in [1.54, 1.807) is 39.5 Å².